The molecule has 0 aliphatic rings. The van der Waals surface area contributed by atoms with E-state index in [0.717, 1.165) is 12.1 Å². The molecular formula is C27H13BrF5N5. The van der Waals surface area contributed by atoms with Crippen LogP contribution in [0.2, 0.25) is 0 Å². The van der Waals surface area contributed by atoms with Crippen molar-refractivity contribution in [3.63, 3.8) is 0 Å². The predicted molar refractivity (Wildman–Crippen MR) is 132 cm³/mol. The van der Waals surface area contributed by atoms with E-state index in [1.165, 1.54) is 47.1 Å². The Bertz CT molecular complexity index is 1730. The molecule has 0 spiro atoms. The minimum Gasteiger partial charge on any atom is -0.284 e. The van der Waals surface area contributed by atoms with Crippen LogP contribution in [0.3, 0.4) is 0 Å². The Hall–Kier alpha value is -4.61. The van der Waals surface area contributed by atoms with Gasteiger partial charge >= 0.3 is 6.18 Å². The fourth-order valence-electron chi connectivity index (χ4n) is 3.53. The summed E-state index contributed by atoms with van der Waals surface area (Å²) in [7, 11) is 0. The van der Waals surface area contributed by atoms with Crippen molar-refractivity contribution < 1.29 is 22.0 Å². The van der Waals surface area contributed by atoms with Crippen LogP contribution in [0.5, 0.6) is 0 Å². The molecule has 11 heteroatoms. The molecule has 0 N–H and O–H groups in total. The highest BCUT2D eigenvalue weighted by atomic mass is 79.9. The number of imidazole rings is 1. The van der Waals surface area contributed by atoms with Crippen LogP contribution in [-0.4, -0.2) is 14.4 Å². The maximum absolute atomic E-state index is 13.4. The number of hydrogen-bond donors (Lipinski definition) is 0. The van der Waals surface area contributed by atoms with Crippen LogP contribution in [0.15, 0.2) is 83.6 Å². The first-order valence-electron chi connectivity index (χ1n) is 10.7. The Labute approximate surface area is 221 Å². The van der Waals surface area contributed by atoms with Crippen molar-refractivity contribution in [2.75, 3.05) is 0 Å². The normalized spacial score (nSPS) is 10.8. The monoisotopic (exact) mass is 581 g/mol. The van der Waals surface area contributed by atoms with Crippen LogP contribution < -0.4 is 0 Å². The number of alkyl halides is 3. The van der Waals surface area contributed by atoms with E-state index >= 15 is 0 Å². The van der Waals surface area contributed by atoms with Crippen LogP contribution in [-0.2, 0) is 6.18 Å². The highest BCUT2D eigenvalue weighted by Crippen LogP contribution is 2.31. The van der Waals surface area contributed by atoms with Crippen molar-refractivity contribution in [2.45, 2.75) is 6.18 Å². The second kappa shape index (κ2) is 10.8. The molecule has 0 aliphatic carbocycles. The van der Waals surface area contributed by atoms with Gasteiger partial charge < -0.3 is 0 Å². The van der Waals surface area contributed by atoms with E-state index in [1.54, 1.807) is 24.3 Å². The molecule has 2 aromatic heterocycles. The van der Waals surface area contributed by atoms with Gasteiger partial charge in [0.15, 0.2) is 0 Å². The lowest BCUT2D eigenvalue weighted by Crippen LogP contribution is -2.09. The zero-order valence-corrected chi connectivity index (χ0v) is 20.6. The lowest BCUT2D eigenvalue weighted by atomic mass is 9.98. The SMILES string of the molecule is N#Cc1cc(F)ccc1-c1cccc(-c2cnc3nc(C(F)(F)F)ccn23)c1.N#Cc1cc(F)ccc1Br. The number of halogens is 6. The molecule has 0 saturated carbocycles. The third-order valence-corrected chi connectivity index (χ3v) is 5.98. The fraction of sp³-hybridized carbons (Fsp3) is 0.0370. The summed E-state index contributed by atoms with van der Waals surface area (Å²) in [4.78, 5) is 7.52. The molecule has 0 bridgehead atoms. The molecule has 5 aromatic rings. The first-order chi connectivity index (χ1) is 18.1. The summed E-state index contributed by atoms with van der Waals surface area (Å²) in [5.41, 5.74) is 1.92. The van der Waals surface area contributed by atoms with Gasteiger partial charge in [-0.15, -0.1) is 0 Å². The fourth-order valence-corrected chi connectivity index (χ4v) is 3.87. The maximum atomic E-state index is 13.4. The van der Waals surface area contributed by atoms with Gasteiger partial charge in [0.25, 0.3) is 0 Å². The quantitative estimate of drug-likeness (QED) is 0.202. The molecular weight excluding hydrogens is 569 g/mol. The van der Waals surface area contributed by atoms with Crippen molar-refractivity contribution >= 4 is 21.7 Å². The number of benzene rings is 3. The minimum atomic E-state index is -4.55. The van der Waals surface area contributed by atoms with Crippen LogP contribution in [0.4, 0.5) is 22.0 Å². The van der Waals surface area contributed by atoms with Crippen molar-refractivity contribution in [1.82, 2.24) is 14.4 Å². The number of aromatic nitrogens is 3. The topological polar surface area (TPSA) is 77.8 Å². The Morgan fingerprint density at radius 3 is 2.13 bits per heavy atom. The largest absolute Gasteiger partial charge is 0.433 e. The zero-order chi connectivity index (χ0) is 27.4. The van der Waals surface area contributed by atoms with E-state index in [1.807, 2.05) is 12.1 Å². The highest BCUT2D eigenvalue weighted by molar-refractivity contribution is 9.10. The number of hydrogen-bond acceptors (Lipinski definition) is 4. The summed E-state index contributed by atoms with van der Waals surface area (Å²) >= 11 is 3.10. The van der Waals surface area contributed by atoms with E-state index in [-0.39, 0.29) is 17.2 Å². The van der Waals surface area contributed by atoms with Crippen molar-refractivity contribution in [1.29, 1.82) is 10.5 Å². The first kappa shape index (κ1) is 26.5. The third kappa shape index (κ3) is 5.69. The molecule has 38 heavy (non-hydrogen) atoms. The van der Waals surface area contributed by atoms with E-state index in [9.17, 15) is 27.2 Å². The molecule has 0 fully saturated rings. The van der Waals surface area contributed by atoms with Crippen LogP contribution in [0, 0.1) is 34.3 Å². The summed E-state index contributed by atoms with van der Waals surface area (Å²) in [6, 6.07) is 19.6. The third-order valence-electron chi connectivity index (χ3n) is 5.29. The van der Waals surface area contributed by atoms with Gasteiger partial charge in [-0.1, -0.05) is 24.3 Å². The van der Waals surface area contributed by atoms with Crippen LogP contribution >= 0.6 is 15.9 Å². The van der Waals surface area contributed by atoms with Crippen LogP contribution in [0.25, 0.3) is 28.2 Å². The average Bonchev–Trinajstić information content (AvgIpc) is 3.33. The number of fused-ring (bicyclic) bond motifs is 1. The molecule has 0 aliphatic heterocycles. The molecule has 5 nitrogen and oxygen atoms in total. The Morgan fingerprint density at radius 2 is 1.47 bits per heavy atom. The Balaban J connectivity index is 0.000000283. The molecule has 0 amide bonds. The summed E-state index contributed by atoms with van der Waals surface area (Å²) < 4.78 is 66.3. The van der Waals surface area contributed by atoms with Crippen molar-refractivity contribution in [3.05, 3.63) is 112 Å². The molecule has 0 atom stereocenters. The van der Waals surface area contributed by atoms with Crippen molar-refractivity contribution in [3.8, 4) is 34.5 Å². The molecule has 0 unspecified atom stereocenters. The summed E-state index contributed by atoms with van der Waals surface area (Å²) in [5.74, 6) is -0.973. The van der Waals surface area contributed by atoms with Gasteiger partial charge in [-0.05, 0) is 69.5 Å². The first-order valence-corrected chi connectivity index (χ1v) is 11.5. The number of nitrogens with zero attached hydrogens (tertiary/aromatic N) is 5. The summed E-state index contributed by atoms with van der Waals surface area (Å²) in [6.07, 6.45) is -1.86. The lowest BCUT2D eigenvalue weighted by molar-refractivity contribution is -0.141. The highest BCUT2D eigenvalue weighted by Gasteiger charge is 2.33. The molecule has 0 radical (unpaired) electrons. The van der Waals surface area contributed by atoms with Crippen molar-refractivity contribution in [2.24, 2.45) is 0 Å². The Kier molecular flexibility index (Phi) is 7.51. The average molecular weight is 582 g/mol. The predicted octanol–water partition coefficient (Wildman–Crippen LogP) is 7.55. The Morgan fingerprint density at radius 1 is 0.816 bits per heavy atom. The lowest BCUT2D eigenvalue weighted by Gasteiger charge is -2.09. The molecule has 0 saturated heterocycles. The molecule has 188 valence electrons. The molecule has 5 rings (SSSR count). The van der Waals surface area contributed by atoms with E-state index in [2.05, 4.69) is 25.9 Å². The maximum Gasteiger partial charge on any atom is 0.433 e. The van der Waals surface area contributed by atoms with E-state index < -0.39 is 17.7 Å². The summed E-state index contributed by atoms with van der Waals surface area (Å²) in [6.45, 7) is 0. The molecule has 2 heterocycles. The van der Waals surface area contributed by atoms with E-state index in [4.69, 9.17) is 5.26 Å². The second-order valence-electron chi connectivity index (χ2n) is 7.74. The van der Waals surface area contributed by atoms with Gasteiger partial charge in [0.1, 0.15) is 23.4 Å². The number of nitriles is 2. The minimum absolute atomic E-state index is 0.0743. The second-order valence-corrected chi connectivity index (χ2v) is 8.60. The van der Waals surface area contributed by atoms with Crippen LogP contribution in [0.1, 0.15) is 16.8 Å². The van der Waals surface area contributed by atoms with Gasteiger partial charge in [0.05, 0.1) is 29.1 Å². The zero-order valence-electron chi connectivity index (χ0n) is 19.0. The van der Waals surface area contributed by atoms with Gasteiger partial charge in [0.2, 0.25) is 5.78 Å². The number of rotatable bonds is 2. The van der Waals surface area contributed by atoms with Gasteiger partial charge in [0, 0.05) is 16.2 Å². The smallest absolute Gasteiger partial charge is 0.284 e. The van der Waals surface area contributed by atoms with E-state index in [0.29, 0.717) is 32.4 Å². The van der Waals surface area contributed by atoms with Gasteiger partial charge in [-0.25, -0.2) is 18.7 Å². The molecule has 3 aromatic carbocycles. The van der Waals surface area contributed by atoms with Gasteiger partial charge in [-0.2, -0.15) is 23.7 Å². The summed E-state index contributed by atoms with van der Waals surface area (Å²) in [5, 5.41) is 17.7. The van der Waals surface area contributed by atoms with Gasteiger partial charge in [-0.3, -0.25) is 4.40 Å². The standard InChI is InChI=1S/C20H10F4N4.C7H3BrFN/c21-15-4-5-16(14(9-15)10-25)12-2-1-3-13(8-12)17-11-26-19-27-18(20(22,23)24)6-7-28(17)19;8-7-2-1-6(9)3-5(7)4-10/h1-9,11H;1-3H.